The van der Waals surface area contributed by atoms with Crippen LogP contribution in [-0.4, -0.2) is 25.3 Å². The van der Waals surface area contributed by atoms with Crippen LogP contribution in [0.3, 0.4) is 0 Å². The summed E-state index contributed by atoms with van der Waals surface area (Å²) in [6.45, 7) is 1.24. The SMILES string of the molecule is N#CNC[C@@H]1CC[C@@H](N)CO1. The van der Waals surface area contributed by atoms with Crippen molar-refractivity contribution in [3.8, 4) is 6.19 Å². The summed E-state index contributed by atoms with van der Waals surface area (Å²) in [5.41, 5.74) is 5.62. The summed E-state index contributed by atoms with van der Waals surface area (Å²) < 4.78 is 5.35. The van der Waals surface area contributed by atoms with Crippen LogP contribution in [0.1, 0.15) is 12.8 Å². The molecule has 1 heterocycles. The maximum Gasteiger partial charge on any atom is 0.176 e. The van der Waals surface area contributed by atoms with E-state index in [1.54, 1.807) is 0 Å². The Morgan fingerprint density at radius 1 is 1.64 bits per heavy atom. The molecule has 0 aromatic rings. The zero-order valence-corrected chi connectivity index (χ0v) is 6.42. The van der Waals surface area contributed by atoms with Crippen molar-refractivity contribution in [1.29, 1.82) is 5.26 Å². The van der Waals surface area contributed by atoms with Crippen molar-refractivity contribution >= 4 is 0 Å². The summed E-state index contributed by atoms with van der Waals surface area (Å²) in [5, 5.41) is 10.8. The van der Waals surface area contributed by atoms with E-state index in [9.17, 15) is 0 Å². The summed E-state index contributed by atoms with van der Waals surface area (Å²) >= 11 is 0. The molecule has 11 heavy (non-hydrogen) atoms. The second-order valence-electron chi connectivity index (χ2n) is 2.79. The van der Waals surface area contributed by atoms with Crippen LogP contribution in [0.2, 0.25) is 0 Å². The van der Waals surface area contributed by atoms with Gasteiger partial charge in [-0.05, 0) is 12.8 Å². The molecule has 4 heteroatoms. The first kappa shape index (κ1) is 8.31. The van der Waals surface area contributed by atoms with Crippen LogP contribution in [0.25, 0.3) is 0 Å². The van der Waals surface area contributed by atoms with E-state index >= 15 is 0 Å². The van der Waals surface area contributed by atoms with E-state index in [2.05, 4.69) is 5.32 Å². The van der Waals surface area contributed by atoms with Crippen LogP contribution in [0.5, 0.6) is 0 Å². The highest BCUT2D eigenvalue weighted by atomic mass is 16.5. The van der Waals surface area contributed by atoms with Crippen LogP contribution < -0.4 is 11.1 Å². The minimum absolute atomic E-state index is 0.175. The third kappa shape index (κ3) is 2.74. The third-order valence-electron chi connectivity index (χ3n) is 1.81. The van der Waals surface area contributed by atoms with Gasteiger partial charge in [0.05, 0.1) is 19.3 Å². The summed E-state index contributed by atoms with van der Waals surface area (Å²) in [6, 6.07) is 0.188. The normalized spacial score (nSPS) is 30.9. The molecule has 0 bridgehead atoms. The quantitative estimate of drug-likeness (QED) is 0.419. The van der Waals surface area contributed by atoms with Gasteiger partial charge in [-0.25, -0.2) is 0 Å². The van der Waals surface area contributed by atoms with Crippen molar-refractivity contribution in [1.82, 2.24) is 5.32 Å². The predicted molar refractivity (Wildman–Crippen MR) is 40.6 cm³/mol. The van der Waals surface area contributed by atoms with Crippen molar-refractivity contribution in [2.75, 3.05) is 13.2 Å². The van der Waals surface area contributed by atoms with Gasteiger partial charge in [-0.3, -0.25) is 0 Å². The molecule has 1 rings (SSSR count). The zero-order valence-electron chi connectivity index (χ0n) is 6.42. The van der Waals surface area contributed by atoms with E-state index < -0.39 is 0 Å². The molecule has 1 aliphatic heterocycles. The van der Waals surface area contributed by atoms with Crippen LogP contribution in [0, 0.1) is 11.5 Å². The number of nitrogens with zero attached hydrogens (tertiary/aromatic N) is 1. The van der Waals surface area contributed by atoms with Gasteiger partial charge in [0.1, 0.15) is 0 Å². The van der Waals surface area contributed by atoms with Gasteiger partial charge in [-0.2, -0.15) is 5.26 Å². The van der Waals surface area contributed by atoms with Crippen molar-refractivity contribution < 1.29 is 4.74 Å². The van der Waals surface area contributed by atoms with E-state index in [4.69, 9.17) is 15.7 Å². The van der Waals surface area contributed by atoms with Crippen LogP contribution in [0.15, 0.2) is 0 Å². The molecular formula is C7H13N3O. The second-order valence-corrected chi connectivity index (χ2v) is 2.79. The molecule has 0 aromatic carbocycles. The van der Waals surface area contributed by atoms with Gasteiger partial charge in [0.2, 0.25) is 0 Å². The summed E-state index contributed by atoms with van der Waals surface area (Å²) in [6.07, 6.45) is 3.99. The van der Waals surface area contributed by atoms with E-state index in [1.807, 2.05) is 6.19 Å². The predicted octanol–water partition coefficient (Wildman–Crippen LogP) is -0.437. The third-order valence-corrected chi connectivity index (χ3v) is 1.81. The lowest BCUT2D eigenvalue weighted by Gasteiger charge is -2.25. The molecule has 0 aliphatic carbocycles. The van der Waals surface area contributed by atoms with Crippen molar-refractivity contribution in [3.63, 3.8) is 0 Å². The largest absolute Gasteiger partial charge is 0.375 e. The fourth-order valence-corrected chi connectivity index (χ4v) is 1.15. The molecule has 1 aliphatic rings. The Balaban J connectivity index is 2.13. The molecule has 0 spiro atoms. The number of ether oxygens (including phenoxy) is 1. The molecule has 1 saturated heterocycles. The first-order chi connectivity index (χ1) is 5.33. The van der Waals surface area contributed by atoms with Crippen LogP contribution >= 0.6 is 0 Å². The molecule has 0 saturated carbocycles. The topological polar surface area (TPSA) is 71.1 Å². The number of hydrogen-bond acceptors (Lipinski definition) is 4. The minimum Gasteiger partial charge on any atom is -0.375 e. The highest BCUT2D eigenvalue weighted by molar-refractivity contribution is 4.76. The van der Waals surface area contributed by atoms with Gasteiger partial charge >= 0.3 is 0 Å². The van der Waals surface area contributed by atoms with E-state index in [1.165, 1.54) is 0 Å². The lowest BCUT2D eigenvalue weighted by molar-refractivity contribution is 0.00838. The Morgan fingerprint density at radius 2 is 2.45 bits per heavy atom. The van der Waals surface area contributed by atoms with Gasteiger partial charge in [0, 0.05) is 6.04 Å². The fraction of sp³-hybridized carbons (Fsp3) is 0.857. The van der Waals surface area contributed by atoms with Crippen LogP contribution in [0.4, 0.5) is 0 Å². The number of hydrogen-bond donors (Lipinski definition) is 2. The van der Waals surface area contributed by atoms with Gasteiger partial charge in [0.15, 0.2) is 6.19 Å². The minimum atomic E-state index is 0.175. The molecule has 0 unspecified atom stereocenters. The molecule has 1 fully saturated rings. The second kappa shape index (κ2) is 4.16. The molecule has 2 atom stereocenters. The van der Waals surface area contributed by atoms with Gasteiger partial charge in [-0.1, -0.05) is 0 Å². The van der Waals surface area contributed by atoms with Gasteiger partial charge in [-0.15, -0.1) is 0 Å². The standard InChI is InChI=1S/C7H13N3O/c8-5-10-3-7-2-1-6(9)4-11-7/h6-7,10H,1-4,9H2/t6-,7+/m1/s1. The highest BCUT2D eigenvalue weighted by Crippen LogP contribution is 2.10. The Bertz CT molecular complexity index is 146. The Labute approximate surface area is 66.3 Å². The van der Waals surface area contributed by atoms with E-state index in [-0.39, 0.29) is 12.1 Å². The summed E-state index contributed by atoms with van der Waals surface area (Å²) in [4.78, 5) is 0. The maximum atomic E-state index is 8.21. The highest BCUT2D eigenvalue weighted by Gasteiger charge is 2.17. The average Bonchev–Trinajstić information content (AvgIpc) is 2.04. The number of nitrogens with two attached hydrogens (primary N) is 1. The molecule has 62 valence electrons. The Hall–Kier alpha value is -0.790. The van der Waals surface area contributed by atoms with Crippen molar-refractivity contribution in [2.45, 2.75) is 25.0 Å². The molecule has 4 nitrogen and oxygen atoms in total. The Morgan fingerprint density at radius 3 is 3.00 bits per heavy atom. The van der Waals surface area contributed by atoms with Crippen molar-refractivity contribution in [2.24, 2.45) is 5.73 Å². The maximum absolute atomic E-state index is 8.21. The van der Waals surface area contributed by atoms with Crippen LogP contribution in [-0.2, 0) is 4.74 Å². The molecule has 0 amide bonds. The van der Waals surface area contributed by atoms with E-state index in [0.29, 0.717) is 13.2 Å². The zero-order chi connectivity index (χ0) is 8.10. The monoisotopic (exact) mass is 155 g/mol. The average molecular weight is 155 g/mol. The summed E-state index contributed by atoms with van der Waals surface area (Å²) in [7, 11) is 0. The smallest absolute Gasteiger partial charge is 0.176 e. The van der Waals surface area contributed by atoms with Crippen molar-refractivity contribution in [3.05, 3.63) is 0 Å². The number of rotatable bonds is 2. The Kier molecular flexibility index (Phi) is 3.14. The first-order valence-corrected chi connectivity index (χ1v) is 3.82. The summed E-state index contributed by atoms with van der Waals surface area (Å²) in [5.74, 6) is 0. The van der Waals surface area contributed by atoms with Gasteiger partial charge in [0.25, 0.3) is 0 Å². The first-order valence-electron chi connectivity index (χ1n) is 3.82. The van der Waals surface area contributed by atoms with Gasteiger partial charge < -0.3 is 15.8 Å². The lowest BCUT2D eigenvalue weighted by atomic mass is 10.1. The fourth-order valence-electron chi connectivity index (χ4n) is 1.15. The number of nitriles is 1. The molecule has 0 radical (unpaired) electrons. The van der Waals surface area contributed by atoms with E-state index in [0.717, 1.165) is 12.8 Å². The molecule has 3 N–H and O–H groups in total. The molecular weight excluding hydrogens is 142 g/mol. The number of nitrogens with one attached hydrogen (secondary N) is 1. The lowest BCUT2D eigenvalue weighted by Crippen LogP contribution is -2.39. The molecule has 0 aromatic heterocycles.